The third-order valence-electron chi connectivity index (χ3n) is 1.87. The maximum Gasteiger partial charge on any atom is 0.439 e. The predicted octanol–water partition coefficient (Wildman–Crippen LogP) is 1.18. The van der Waals surface area contributed by atoms with E-state index >= 15 is 0 Å². The van der Waals surface area contributed by atoms with Crippen LogP contribution >= 0.6 is 0 Å². The van der Waals surface area contributed by atoms with Crippen LogP contribution in [0.25, 0.3) is 11.4 Å². The second-order valence-corrected chi connectivity index (χ2v) is 2.79. The van der Waals surface area contributed by atoms with E-state index in [1.54, 1.807) is 6.07 Å². The van der Waals surface area contributed by atoms with Crippen LogP contribution in [-0.4, -0.2) is 17.3 Å². The molecule has 2 aromatic rings. The first-order valence-corrected chi connectivity index (χ1v) is 4.10. The summed E-state index contributed by atoms with van der Waals surface area (Å²) in [5.74, 6) is -0.897. The maximum absolute atomic E-state index is 13.3. The Kier molecular flexibility index (Phi) is 2.24. The van der Waals surface area contributed by atoms with E-state index in [0.717, 1.165) is 0 Å². The van der Waals surface area contributed by atoms with Crippen LogP contribution < -0.4 is 10.5 Å². The molecule has 0 fully saturated rings. The number of ether oxygens (including phenoxy) is 1. The van der Waals surface area contributed by atoms with E-state index in [9.17, 15) is 9.18 Å². The lowest BCUT2D eigenvalue weighted by atomic mass is 10.2. The van der Waals surface area contributed by atoms with Gasteiger partial charge in [0, 0.05) is 5.56 Å². The largest absolute Gasteiger partial charge is 0.494 e. The van der Waals surface area contributed by atoms with Crippen LogP contribution in [0.15, 0.2) is 27.5 Å². The van der Waals surface area contributed by atoms with Gasteiger partial charge in [-0.1, -0.05) is 5.16 Å². The molecule has 0 saturated heterocycles. The van der Waals surface area contributed by atoms with Gasteiger partial charge in [-0.05, 0) is 18.2 Å². The third kappa shape index (κ3) is 1.74. The number of halogens is 1. The first kappa shape index (κ1) is 9.45. The highest BCUT2D eigenvalue weighted by Crippen LogP contribution is 2.22. The summed E-state index contributed by atoms with van der Waals surface area (Å²) in [6.45, 7) is 0. The van der Waals surface area contributed by atoms with Crippen molar-refractivity contribution in [3.63, 3.8) is 0 Å². The van der Waals surface area contributed by atoms with Crippen LogP contribution in [0.3, 0.4) is 0 Å². The van der Waals surface area contributed by atoms with E-state index in [4.69, 9.17) is 4.74 Å². The van der Waals surface area contributed by atoms with Gasteiger partial charge in [0.25, 0.3) is 0 Å². The van der Waals surface area contributed by atoms with E-state index in [0.29, 0.717) is 5.56 Å². The van der Waals surface area contributed by atoms with Crippen molar-refractivity contribution in [3.8, 4) is 17.1 Å². The van der Waals surface area contributed by atoms with Gasteiger partial charge < -0.3 is 4.74 Å². The van der Waals surface area contributed by atoms with Crippen LogP contribution in [0.5, 0.6) is 5.75 Å². The summed E-state index contributed by atoms with van der Waals surface area (Å²) in [5, 5.41) is 3.43. The van der Waals surface area contributed by atoms with Gasteiger partial charge in [-0.15, -0.1) is 0 Å². The minimum absolute atomic E-state index is 0.129. The monoisotopic (exact) mass is 210 g/mol. The molecule has 1 aromatic carbocycles. The first-order chi connectivity index (χ1) is 7.20. The number of methoxy groups -OCH3 is 1. The molecular formula is C9H7FN2O3. The summed E-state index contributed by atoms with van der Waals surface area (Å²) in [6.07, 6.45) is 0. The summed E-state index contributed by atoms with van der Waals surface area (Å²) in [6, 6.07) is 4.21. The number of aromatic amines is 1. The molecule has 0 saturated carbocycles. The highest BCUT2D eigenvalue weighted by atomic mass is 19.1. The van der Waals surface area contributed by atoms with E-state index in [2.05, 4.69) is 14.7 Å². The van der Waals surface area contributed by atoms with Crippen LogP contribution in [0.1, 0.15) is 0 Å². The van der Waals surface area contributed by atoms with Crippen molar-refractivity contribution in [3.05, 3.63) is 34.6 Å². The Morgan fingerprint density at radius 1 is 1.53 bits per heavy atom. The average molecular weight is 210 g/mol. The Bertz CT molecular complexity index is 532. The number of nitrogens with zero attached hydrogens (tertiary/aromatic N) is 1. The lowest BCUT2D eigenvalue weighted by Crippen LogP contribution is -1.95. The number of H-pyrrole nitrogens is 1. The Balaban J connectivity index is 2.46. The normalized spacial score (nSPS) is 10.3. The minimum atomic E-state index is -0.679. The van der Waals surface area contributed by atoms with Crippen molar-refractivity contribution < 1.29 is 13.7 Å². The third-order valence-corrected chi connectivity index (χ3v) is 1.87. The quantitative estimate of drug-likeness (QED) is 0.808. The number of hydrogen-bond acceptors (Lipinski definition) is 4. The molecule has 0 aliphatic heterocycles. The van der Waals surface area contributed by atoms with Gasteiger partial charge in [0.1, 0.15) is 0 Å². The molecular weight excluding hydrogens is 203 g/mol. The molecule has 5 nitrogen and oxygen atoms in total. The Labute approximate surface area is 83.5 Å². The summed E-state index contributed by atoms with van der Waals surface area (Å²) in [4.78, 5) is 13.0. The molecule has 0 aliphatic carbocycles. The molecule has 78 valence electrons. The highest BCUT2D eigenvalue weighted by molar-refractivity contribution is 5.55. The summed E-state index contributed by atoms with van der Waals surface area (Å²) in [7, 11) is 1.37. The molecule has 1 N–H and O–H groups in total. The van der Waals surface area contributed by atoms with Gasteiger partial charge in [0.05, 0.1) is 7.11 Å². The number of nitrogens with one attached hydrogen (secondary N) is 1. The fraction of sp³-hybridized carbons (Fsp3) is 0.111. The molecule has 0 unspecified atom stereocenters. The lowest BCUT2D eigenvalue weighted by Gasteiger charge is -2.01. The molecule has 0 amide bonds. The predicted molar refractivity (Wildman–Crippen MR) is 49.1 cm³/mol. The SMILES string of the molecule is COc1ccc(-c2noc(=O)[nH]2)cc1F. The number of benzene rings is 1. The molecule has 0 aliphatic rings. The van der Waals surface area contributed by atoms with Crippen molar-refractivity contribution in [2.24, 2.45) is 0 Å². The Morgan fingerprint density at radius 2 is 2.33 bits per heavy atom. The topological polar surface area (TPSA) is 68.1 Å². The van der Waals surface area contributed by atoms with Gasteiger partial charge in [-0.2, -0.15) is 0 Å². The van der Waals surface area contributed by atoms with Crippen LogP contribution in [0.2, 0.25) is 0 Å². The van der Waals surface area contributed by atoms with Crippen molar-refractivity contribution in [1.82, 2.24) is 10.1 Å². The van der Waals surface area contributed by atoms with Crippen LogP contribution in [0.4, 0.5) is 4.39 Å². The molecule has 0 bridgehead atoms. The molecule has 0 atom stereocenters. The zero-order valence-corrected chi connectivity index (χ0v) is 7.78. The average Bonchev–Trinajstić information content (AvgIpc) is 2.65. The zero-order valence-electron chi connectivity index (χ0n) is 7.78. The van der Waals surface area contributed by atoms with E-state index in [1.165, 1.54) is 19.2 Å². The van der Waals surface area contributed by atoms with Crippen LogP contribution in [0, 0.1) is 5.82 Å². The van der Waals surface area contributed by atoms with Gasteiger partial charge in [0.2, 0.25) is 0 Å². The van der Waals surface area contributed by atoms with Gasteiger partial charge in [-0.3, -0.25) is 9.51 Å². The smallest absolute Gasteiger partial charge is 0.439 e. The molecule has 2 rings (SSSR count). The summed E-state index contributed by atoms with van der Waals surface area (Å²) >= 11 is 0. The van der Waals surface area contributed by atoms with Gasteiger partial charge >= 0.3 is 5.76 Å². The molecule has 6 heteroatoms. The van der Waals surface area contributed by atoms with Crippen molar-refractivity contribution >= 4 is 0 Å². The zero-order chi connectivity index (χ0) is 10.8. The van der Waals surface area contributed by atoms with Crippen molar-refractivity contribution in [2.45, 2.75) is 0 Å². The highest BCUT2D eigenvalue weighted by Gasteiger charge is 2.08. The summed E-state index contributed by atoms with van der Waals surface area (Å²) in [5.41, 5.74) is 0.416. The second kappa shape index (κ2) is 3.56. The van der Waals surface area contributed by atoms with Crippen molar-refractivity contribution in [2.75, 3.05) is 7.11 Å². The molecule has 0 spiro atoms. The number of rotatable bonds is 2. The molecule has 15 heavy (non-hydrogen) atoms. The van der Waals surface area contributed by atoms with Crippen LogP contribution in [-0.2, 0) is 0 Å². The standard InChI is InChI=1S/C9H7FN2O3/c1-14-7-3-2-5(4-6(7)10)8-11-9(13)15-12-8/h2-4H,1H3,(H,11,12,13). The number of hydrogen-bond donors (Lipinski definition) is 1. The lowest BCUT2D eigenvalue weighted by molar-refractivity contribution is 0.385. The fourth-order valence-corrected chi connectivity index (χ4v) is 1.17. The van der Waals surface area contributed by atoms with E-state index in [-0.39, 0.29) is 11.6 Å². The maximum atomic E-state index is 13.3. The van der Waals surface area contributed by atoms with E-state index in [1.807, 2.05) is 0 Å². The van der Waals surface area contributed by atoms with Gasteiger partial charge in [-0.25, -0.2) is 9.18 Å². The molecule has 1 heterocycles. The molecule has 0 radical (unpaired) electrons. The van der Waals surface area contributed by atoms with E-state index < -0.39 is 11.6 Å². The second-order valence-electron chi connectivity index (χ2n) is 2.79. The van der Waals surface area contributed by atoms with Gasteiger partial charge in [0.15, 0.2) is 17.4 Å². The first-order valence-electron chi connectivity index (χ1n) is 4.10. The summed E-state index contributed by atoms with van der Waals surface area (Å²) < 4.78 is 22.3. The fourth-order valence-electron chi connectivity index (χ4n) is 1.17. The Morgan fingerprint density at radius 3 is 2.87 bits per heavy atom. The Hall–Kier alpha value is -2.11. The minimum Gasteiger partial charge on any atom is -0.494 e. The number of aromatic nitrogens is 2. The van der Waals surface area contributed by atoms with Crippen molar-refractivity contribution in [1.29, 1.82) is 0 Å². The molecule has 1 aromatic heterocycles.